The smallest absolute Gasteiger partial charge is 0.345 e. The molecular formula is C12H17NO4S2. The van der Waals surface area contributed by atoms with Gasteiger partial charge in [-0.3, -0.25) is 0 Å². The standard InChI is InChI=1S/C12H17NO4S2/c1-2-3-9-4-5-13(7-9)19(16,17)10-6-11(12(14)15)18-8-10/h6,8-9H,2-5,7H2,1H3,(H,14,15). The van der Waals surface area contributed by atoms with Crippen molar-refractivity contribution in [2.24, 2.45) is 5.92 Å². The Kier molecular flexibility index (Phi) is 4.27. The Hall–Kier alpha value is -0.920. The van der Waals surface area contributed by atoms with Crippen LogP contribution in [0.2, 0.25) is 0 Å². The van der Waals surface area contributed by atoms with E-state index in [2.05, 4.69) is 6.92 Å². The first-order valence-electron chi connectivity index (χ1n) is 6.27. The summed E-state index contributed by atoms with van der Waals surface area (Å²) in [6.07, 6.45) is 2.99. The predicted molar refractivity (Wildman–Crippen MR) is 73.1 cm³/mol. The number of rotatable bonds is 5. The molecule has 0 saturated carbocycles. The predicted octanol–water partition coefficient (Wildman–Crippen LogP) is 2.26. The molecule has 0 amide bonds. The normalized spacial score (nSPS) is 20.8. The van der Waals surface area contributed by atoms with Gasteiger partial charge in [-0.2, -0.15) is 4.31 Å². The highest BCUT2D eigenvalue weighted by Crippen LogP contribution is 2.29. The SMILES string of the molecule is CCCC1CCN(S(=O)(=O)c2csc(C(=O)O)c2)C1. The van der Waals surface area contributed by atoms with Crippen molar-refractivity contribution < 1.29 is 18.3 Å². The Morgan fingerprint density at radius 3 is 2.89 bits per heavy atom. The van der Waals surface area contributed by atoms with Crippen molar-refractivity contribution >= 4 is 27.3 Å². The molecule has 0 aliphatic carbocycles. The van der Waals surface area contributed by atoms with Crippen LogP contribution in [0.5, 0.6) is 0 Å². The summed E-state index contributed by atoms with van der Waals surface area (Å²) in [6.45, 7) is 3.18. The monoisotopic (exact) mass is 303 g/mol. The second kappa shape index (κ2) is 5.60. The lowest BCUT2D eigenvalue weighted by molar-refractivity contribution is 0.0702. The lowest BCUT2D eigenvalue weighted by Crippen LogP contribution is -2.28. The van der Waals surface area contributed by atoms with Crippen LogP contribution in [-0.4, -0.2) is 36.9 Å². The van der Waals surface area contributed by atoms with Gasteiger partial charge < -0.3 is 5.11 Å². The molecule has 1 unspecified atom stereocenters. The third-order valence-corrected chi connectivity index (χ3v) is 6.28. The molecule has 2 heterocycles. The molecular weight excluding hydrogens is 286 g/mol. The Bertz CT molecular complexity index is 564. The Balaban J connectivity index is 2.16. The molecule has 1 atom stereocenters. The fourth-order valence-corrected chi connectivity index (χ4v) is 5.00. The van der Waals surface area contributed by atoms with Gasteiger partial charge in [0.05, 0.1) is 4.90 Å². The van der Waals surface area contributed by atoms with Crippen molar-refractivity contribution in [3.63, 3.8) is 0 Å². The molecule has 1 fully saturated rings. The lowest BCUT2D eigenvalue weighted by Gasteiger charge is -2.15. The first kappa shape index (κ1) is 14.5. The quantitative estimate of drug-likeness (QED) is 0.905. The average molecular weight is 303 g/mol. The summed E-state index contributed by atoms with van der Waals surface area (Å²) in [5, 5.41) is 10.3. The highest BCUT2D eigenvalue weighted by atomic mass is 32.2. The first-order valence-corrected chi connectivity index (χ1v) is 8.59. The van der Waals surface area contributed by atoms with Gasteiger partial charge in [0.15, 0.2) is 0 Å². The zero-order valence-electron chi connectivity index (χ0n) is 10.7. The largest absolute Gasteiger partial charge is 0.477 e. The molecule has 5 nitrogen and oxygen atoms in total. The Morgan fingerprint density at radius 1 is 1.58 bits per heavy atom. The van der Waals surface area contributed by atoms with Crippen molar-refractivity contribution in [1.82, 2.24) is 4.31 Å². The van der Waals surface area contributed by atoms with Crippen LogP contribution >= 0.6 is 11.3 Å². The molecule has 2 rings (SSSR count). The number of aromatic carboxylic acids is 1. The second-order valence-corrected chi connectivity index (χ2v) is 7.61. The van der Waals surface area contributed by atoms with Gasteiger partial charge >= 0.3 is 5.97 Å². The van der Waals surface area contributed by atoms with E-state index in [-0.39, 0.29) is 9.77 Å². The number of carboxylic acids is 1. The minimum absolute atomic E-state index is 0.0582. The molecule has 0 spiro atoms. The van der Waals surface area contributed by atoms with Gasteiger partial charge in [0.2, 0.25) is 10.0 Å². The van der Waals surface area contributed by atoms with Crippen LogP contribution < -0.4 is 0 Å². The van der Waals surface area contributed by atoms with E-state index in [0.29, 0.717) is 19.0 Å². The third-order valence-electron chi connectivity index (χ3n) is 3.37. The molecule has 1 N–H and O–H groups in total. The van der Waals surface area contributed by atoms with Crippen LogP contribution in [0.25, 0.3) is 0 Å². The number of carboxylic acid groups (broad SMARTS) is 1. The van der Waals surface area contributed by atoms with E-state index in [1.54, 1.807) is 0 Å². The molecule has 0 bridgehead atoms. The number of hydrogen-bond donors (Lipinski definition) is 1. The number of nitrogens with zero attached hydrogens (tertiary/aromatic N) is 1. The average Bonchev–Trinajstić information content (AvgIpc) is 2.98. The maximum absolute atomic E-state index is 12.4. The van der Waals surface area contributed by atoms with E-state index < -0.39 is 16.0 Å². The molecule has 1 saturated heterocycles. The molecule has 1 aliphatic rings. The van der Waals surface area contributed by atoms with E-state index in [4.69, 9.17) is 5.11 Å². The van der Waals surface area contributed by atoms with Gasteiger partial charge in [-0.05, 0) is 24.8 Å². The van der Waals surface area contributed by atoms with Gasteiger partial charge in [0, 0.05) is 18.5 Å². The highest BCUT2D eigenvalue weighted by Gasteiger charge is 2.32. The zero-order chi connectivity index (χ0) is 14.0. The van der Waals surface area contributed by atoms with Crippen LogP contribution in [0.1, 0.15) is 35.9 Å². The van der Waals surface area contributed by atoms with Crippen molar-refractivity contribution in [3.8, 4) is 0 Å². The summed E-state index contributed by atoms with van der Waals surface area (Å²) in [5.74, 6) is -0.658. The molecule has 19 heavy (non-hydrogen) atoms. The van der Waals surface area contributed by atoms with Gasteiger partial charge in [-0.25, -0.2) is 13.2 Å². The fraction of sp³-hybridized carbons (Fsp3) is 0.583. The highest BCUT2D eigenvalue weighted by molar-refractivity contribution is 7.89. The molecule has 1 aliphatic heterocycles. The molecule has 0 radical (unpaired) electrons. The summed E-state index contributed by atoms with van der Waals surface area (Å²) >= 11 is 0.949. The summed E-state index contributed by atoms with van der Waals surface area (Å²) in [4.78, 5) is 11.0. The maximum atomic E-state index is 12.4. The topological polar surface area (TPSA) is 74.7 Å². The lowest BCUT2D eigenvalue weighted by atomic mass is 10.0. The van der Waals surface area contributed by atoms with Crippen molar-refractivity contribution in [2.45, 2.75) is 31.1 Å². The van der Waals surface area contributed by atoms with Gasteiger partial charge in [-0.15, -0.1) is 11.3 Å². The summed E-state index contributed by atoms with van der Waals surface area (Å²) in [5.41, 5.74) is 0. The first-order chi connectivity index (χ1) is 8.95. The van der Waals surface area contributed by atoms with E-state index in [1.165, 1.54) is 15.8 Å². The zero-order valence-corrected chi connectivity index (χ0v) is 12.3. The maximum Gasteiger partial charge on any atom is 0.345 e. The number of carbonyl (C=O) groups is 1. The van der Waals surface area contributed by atoms with E-state index in [0.717, 1.165) is 30.6 Å². The second-order valence-electron chi connectivity index (χ2n) is 4.76. The van der Waals surface area contributed by atoms with Crippen LogP contribution in [0.3, 0.4) is 0 Å². The third kappa shape index (κ3) is 2.98. The molecule has 1 aromatic rings. The minimum Gasteiger partial charge on any atom is -0.477 e. The van der Waals surface area contributed by atoms with Gasteiger partial charge in [-0.1, -0.05) is 13.3 Å². The molecule has 0 aromatic carbocycles. The fourth-order valence-electron chi connectivity index (χ4n) is 2.37. The number of hydrogen-bond acceptors (Lipinski definition) is 4. The molecule has 1 aromatic heterocycles. The van der Waals surface area contributed by atoms with Gasteiger partial charge in [0.1, 0.15) is 4.88 Å². The number of sulfonamides is 1. The van der Waals surface area contributed by atoms with Crippen LogP contribution in [-0.2, 0) is 10.0 Å². The van der Waals surface area contributed by atoms with E-state index >= 15 is 0 Å². The van der Waals surface area contributed by atoms with E-state index in [1.807, 2.05) is 0 Å². The summed E-state index contributed by atoms with van der Waals surface area (Å²) in [6, 6.07) is 1.25. The van der Waals surface area contributed by atoms with E-state index in [9.17, 15) is 13.2 Å². The van der Waals surface area contributed by atoms with Crippen molar-refractivity contribution in [1.29, 1.82) is 0 Å². The van der Waals surface area contributed by atoms with Crippen LogP contribution in [0, 0.1) is 5.92 Å². The Labute approximate surface area is 116 Å². The molecule has 106 valence electrons. The Morgan fingerprint density at radius 2 is 2.32 bits per heavy atom. The van der Waals surface area contributed by atoms with Gasteiger partial charge in [0.25, 0.3) is 0 Å². The van der Waals surface area contributed by atoms with Crippen molar-refractivity contribution in [2.75, 3.05) is 13.1 Å². The summed E-state index contributed by atoms with van der Waals surface area (Å²) < 4.78 is 26.2. The summed E-state index contributed by atoms with van der Waals surface area (Å²) in [7, 11) is -3.52. The molecule has 7 heteroatoms. The van der Waals surface area contributed by atoms with Crippen molar-refractivity contribution in [3.05, 3.63) is 16.3 Å². The van der Waals surface area contributed by atoms with Crippen LogP contribution in [0.4, 0.5) is 0 Å². The minimum atomic E-state index is -3.52. The number of thiophene rings is 1. The van der Waals surface area contributed by atoms with Crippen LogP contribution in [0.15, 0.2) is 16.3 Å².